The SMILES string of the molecule is CN(CC(=O)O)C(=O)c1ccc(Br)o1. The van der Waals surface area contributed by atoms with Gasteiger partial charge in [-0.15, -0.1) is 0 Å². The van der Waals surface area contributed by atoms with Crippen molar-refractivity contribution in [1.29, 1.82) is 0 Å². The van der Waals surface area contributed by atoms with Crippen LogP contribution in [0.3, 0.4) is 0 Å². The van der Waals surface area contributed by atoms with Gasteiger partial charge in [0.15, 0.2) is 10.4 Å². The summed E-state index contributed by atoms with van der Waals surface area (Å²) in [6.45, 7) is -0.350. The number of furan rings is 1. The van der Waals surface area contributed by atoms with E-state index in [0.29, 0.717) is 4.67 Å². The van der Waals surface area contributed by atoms with E-state index < -0.39 is 11.9 Å². The standard InChI is InChI=1S/C8H8BrNO4/c1-10(4-7(11)12)8(13)5-2-3-6(9)14-5/h2-3H,4H2,1H3,(H,11,12). The van der Waals surface area contributed by atoms with Crippen molar-refractivity contribution >= 4 is 27.8 Å². The molecule has 1 aromatic heterocycles. The van der Waals surface area contributed by atoms with E-state index in [4.69, 9.17) is 9.52 Å². The molecule has 0 spiro atoms. The summed E-state index contributed by atoms with van der Waals surface area (Å²) in [5, 5.41) is 8.45. The Morgan fingerprint density at radius 2 is 2.21 bits per heavy atom. The highest BCUT2D eigenvalue weighted by Crippen LogP contribution is 2.15. The smallest absolute Gasteiger partial charge is 0.323 e. The number of amides is 1. The van der Waals surface area contributed by atoms with Gasteiger partial charge in [-0.25, -0.2) is 0 Å². The number of rotatable bonds is 3. The molecule has 0 aliphatic heterocycles. The highest BCUT2D eigenvalue weighted by Gasteiger charge is 2.17. The molecular weight excluding hydrogens is 254 g/mol. The Balaban J connectivity index is 2.70. The summed E-state index contributed by atoms with van der Waals surface area (Å²) in [5.41, 5.74) is 0. The third-order valence-corrected chi connectivity index (χ3v) is 1.93. The summed E-state index contributed by atoms with van der Waals surface area (Å²) < 4.78 is 5.42. The van der Waals surface area contributed by atoms with Crippen LogP contribution in [-0.4, -0.2) is 35.5 Å². The van der Waals surface area contributed by atoms with E-state index in [2.05, 4.69) is 15.9 Å². The molecule has 76 valence electrons. The van der Waals surface area contributed by atoms with Gasteiger partial charge < -0.3 is 14.4 Å². The molecule has 1 N–H and O–H groups in total. The molecule has 0 atom stereocenters. The third-order valence-electron chi connectivity index (χ3n) is 1.50. The van der Waals surface area contributed by atoms with E-state index in [0.717, 1.165) is 4.90 Å². The number of aliphatic carboxylic acids is 1. The Bertz CT molecular complexity index is 360. The van der Waals surface area contributed by atoms with E-state index in [9.17, 15) is 9.59 Å². The molecule has 0 saturated carbocycles. The lowest BCUT2D eigenvalue weighted by Crippen LogP contribution is -2.31. The Morgan fingerprint density at radius 1 is 1.57 bits per heavy atom. The van der Waals surface area contributed by atoms with E-state index in [1.54, 1.807) is 6.07 Å². The number of carboxylic acid groups (broad SMARTS) is 1. The first kappa shape index (κ1) is 10.8. The van der Waals surface area contributed by atoms with Crippen LogP contribution in [0, 0.1) is 0 Å². The molecule has 0 radical (unpaired) electrons. The average molecular weight is 262 g/mol. The first-order valence-corrected chi connectivity index (χ1v) is 4.52. The van der Waals surface area contributed by atoms with Crippen LogP contribution in [0.5, 0.6) is 0 Å². The van der Waals surface area contributed by atoms with Crippen LogP contribution in [0.25, 0.3) is 0 Å². The Morgan fingerprint density at radius 3 is 2.64 bits per heavy atom. The zero-order valence-corrected chi connectivity index (χ0v) is 8.94. The highest BCUT2D eigenvalue weighted by molar-refractivity contribution is 9.10. The minimum atomic E-state index is -1.06. The summed E-state index contributed by atoms with van der Waals surface area (Å²) in [6.07, 6.45) is 0. The predicted octanol–water partition coefficient (Wildman–Crippen LogP) is 1.20. The maximum absolute atomic E-state index is 11.4. The van der Waals surface area contributed by atoms with Crippen molar-refractivity contribution < 1.29 is 19.1 Å². The van der Waals surface area contributed by atoms with Crippen LogP contribution in [0.1, 0.15) is 10.6 Å². The van der Waals surface area contributed by atoms with E-state index in [-0.39, 0.29) is 12.3 Å². The third kappa shape index (κ3) is 2.59. The maximum atomic E-state index is 11.4. The van der Waals surface area contributed by atoms with Gasteiger partial charge in [-0.2, -0.15) is 0 Å². The molecule has 0 unspecified atom stereocenters. The zero-order valence-electron chi connectivity index (χ0n) is 7.36. The molecule has 0 aliphatic carbocycles. The highest BCUT2D eigenvalue weighted by atomic mass is 79.9. The summed E-state index contributed by atoms with van der Waals surface area (Å²) in [7, 11) is 1.40. The number of carbonyl (C=O) groups excluding carboxylic acids is 1. The van der Waals surface area contributed by atoms with Gasteiger partial charge >= 0.3 is 5.97 Å². The van der Waals surface area contributed by atoms with Gasteiger partial charge in [0.2, 0.25) is 0 Å². The molecule has 0 aliphatic rings. The van der Waals surface area contributed by atoms with Crippen LogP contribution >= 0.6 is 15.9 Å². The van der Waals surface area contributed by atoms with Gasteiger partial charge in [-0.05, 0) is 28.1 Å². The molecule has 0 fully saturated rings. The number of hydrogen-bond donors (Lipinski definition) is 1. The molecular formula is C8H8BrNO4. The van der Waals surface area contributed by atoms with Crippen LogP contribution in [0.4, 0.5) is 0 Å². The van der Waals surface area contributed by atoms with Crippen molar-refractivity contribution in [2.45, 2.75) is 0 Å². The van der Waals surface area contributed by atoms with Crippen LogP contribution < -0.4 is 0 Å². The number of carboxylic acids is 1. The van der Waals surface area contributed by atoms with Crippen LogP contribution in [-0.2, 0) is 4.79 Å². The normalized spacial score (nSPS) is 9.86. The fraction of sp³-hybridized carbons (Fsp3) is 0.250. The molecule has 6 heteroatoms. The van der Waals surface area contributed by atoms with Crippen molar-refractivity contribution in [2.75, 3.05) is 13.6 Å². The molecule has 1 heterocycles. The van der Waals surface area contributed by atoms with E-state index in [1.807, 2.05) is 0 Å². The number of carbonyl (C=O) groups is 2. The summed E-state index contributed by atoms with van der Waals surface area (Å²) >= 11 is 3.05. The van der Waals surface area contributed by atoms with Gasteiger partial charge in [0, 0.05) is 7.05 Å². The van der Waals surface area contributed by atoms with Gasteiger partial charge in [-0.3, -0.25) is 9.59 Å². The fourth-order valence-corrected chi connectivity index (χ4v) is 1.20. The fourth-order valence-electron chi connectivity index (χ4n) is 0.892. The minimum absolute atomic E-state index is 0.112. The molecule has 0 aromatic carbocycles. The molecule has 0 bridgehead atoms. The van der Waals surface area contributed by atoms with E-state index >= 15 is 0 Å². The number of likely N-dealkylation sites (N-methyl/N-ethyl adjacent to an activating group) is 1. The lowest BCUT2D eigenvalue weighted by Gasteiger charge is -2.11. The van der Waals surface area contributed by atoms with Crippen LogP contribution in [0.15, 0.2) is 21.2 Å². The summed E-state index contributed by atoms with van der Waals surface area (Å²) in [4.78, 5) is 22.8. The zero-order chi connectivity index (χ0) is 10.7. The maximum Gasteiger partial charge on any atom is 0.323 e. The second-order valence-electron chi connectivity index (χ2n) is 2.66. The molecule has 14 heavy (non-hydrogen) atoms. The van der Waals surface area contributed by atoms with Crippen molar-refractivity contribution in [1.82, 2.24) is 4.90 Å². The van der Waals surface area contributed by atoms with Crippen molar-refractivity contribution in [3.05, 3.63) is 22.6 Å². The van der Waals surface area contributed by atoms with Gasteiger partial charge in [0.25, 0.3) is 5.91 Å². The second kappa shape index (κ2) is 4.28. The molecule has 1 aromatic rings. The van der Waals surface area contributed by atoms with Gasteiger partial charge in [0.1, 0.15) is 6.54 Å². The quantitative estimate of drug-likeness (QED) is 0.888. The summed E-state index contributed by atoms with van der Waals surface area (Å²) in [5.74, 6) is -1.41. The lowest BCUT2D eigenvalue weighted by atomic mass is 10.4. The van der Waals surface area contributed by atoms with Crippen molar-refractivity contribution in [3.8, 4) is 0 Å². The summed E-state index contributed by atoms with van der Waals surface area (Å²) in [6, 6.07) is 3.05. The molecule has 1 amide bonds. The van der Waals surface area contributed by atoms with Crippen molar-refractivity contribution in [3.63, 3.8) is 0 Å². The van der Waals surface area contributed by atoms with Gasteiger partial charge in [-0.1, -0.05) is 0 Å². The monoisotopic (exact) mass is 261 g/mol. The number of halogens is 1. The predicted molar refractivity (Wildman–Crippen MR) is 51.0 cm³/mol. The van der Waals surface area contributed by atoms with Crippen molar-refractivity contribution in [2.24, 2.45) is 0 Å². The molecule has 5 nitrogen and oxygen atoms in total. The van der Waals surface area contributed by atoms with Crippen LogP contribution in [0.2, 0.25) is 0 Å². The number of nitrogens with zero attached hydrogens (tertiary/aromatic N) is 1. The van der Waals surface area contributed by atoms with E-state index in [1.165, 1.54) is 13.1 Å². The average Bonchev–Trinajstić information content (AvgIpc) is 2.49. The molecule has 0 saturated heterocycles. The van der Waals surface area contributed by atoms with Gasteiger partial charge in [0.05, 0.1) is 0 Å². The lowest BCUT2D eigenvalue weighted by molar-refractivity contribution is -0.137. The first-order valence-electron chi connectivity index (χ1n) is 3.73. The largest absolute Gasteiger partial charge is 0.480 e. The first-order chi connectivity index (χ1) is 6.50. The second-order valence-corrected chi connectivity index (χ2v) is 3.44. The Labute approximate surface area is 88.4 Å². The Kier molecular flexibility index (Phi) is 3.29. The Hall–Kier alpha value is -1.30. The molecule has 1 rings (SSSR count). The minimum Gasteiger partial charge on any atom is -0.480 e. The number of hydrogen-bond acceptors (Lipinski definition) is 3. The topological polar surface area (TPSA) is 70.8 Å².